The lowest BCUT2D eigenvalue weighted by Gasteiger charge is -2.19. The number of amides is 1. The molecule has 13 heteroatoms. The number of alkyl halides is 3. The number of carbonyl (C=O) groups excluding carboxylic acids is 1. The van der Waals surface area contributed by atoms with Gasteiger partial charge in [0.15, 0.2) is 0 Å². The normalized spacial score (nSPS) is 16.2. The van der Waals surface area contributed by atoms with Gasteiger partial charge in [-0.2, -0.15) is 13.2 Å². The summed E-state index contributed by atoms with van der Waals surface area (Å²) in [6.07, 6.45) is -0.111. The maximum Gasteiger partial charge on any atom is 0.490 e. The van der Waals surface area contributed by atoms with Crippen LogP contribution >= 0.6 is 0 Å². The van der Waals surface area contributed by atoms with Gasteiger partial charge in [0.05, 0.1) is 25.0 Å². The van der Waals surface area contributed by atoms with Gasteiger partial charge in [0.2, 0.25) is 0 Å². The Bertz CT molecular complexity index is 1060. The molecule has 0 aromatic carbocycles. The molecule has 0 radical (unpaired) electrons. The first kappa shape index (κ1) is 24.4. The van der Waals surface area contributed by atoms with E-state index in [2.05, 4.69) is 20.4 Å². The summed E-state index contributed by atoms with van der Waals surface area (Å²) in [4.78, 5) is 40.6. The lowest BCUT2D eigenvalue weighted by molar-refractivity contribution is -0.192. The molecule has 2 aromatic rings. The Hall–Kier alpha value is -3.22. The number of hydrogen-bond acceptors (Lipinski definition) is 7. The second-order valence-corrected chi connectivity index (χ2v) is 7.97. The predicted molar refractivity (Wildman–Crippen MR) is 107 cm³/mol. The van der Waals surface area contributed by atoms with Crippen molar-refractivity contribution in [2.45, 2.75) is 52.0 Å². The summed E-state index contributed by atoms with van der Waals surface area (Å²) >= 11 is 0. The first-order valence-electron chi connectivity index (χ1n) is 10.4. The summed E-state index contributed by atoms with van der Waals surface area (Å²) in [5.41, 5.74) is 0.928. The molecule has 2 aromatic heterocycles. The molecule has 3 heterocycles. The van der Waals surface area contributed by atoms with Crippen LogP contribution in [0.3, 0.4) is 0 Å². The summed E-state index contributed by atoms with van der Waals surface area (Å²) in [7, 11) is 0. The Labute approximate surface area is 186 Å². The van der Waals surface area contributed by atoms with Crippen LogP contribution in [-0.2, 0) is 24.4 Å². The number of fused-ring (bicyclic) bond motifs is 1. The number of aryl methyl sites for hydroxylation is 1. The monoisotopic (exact) mass is 471 g/mol. The number of rotatable bonds is 5. The van der Waals surface area contributed by atoms with E-state index in [4.69, 9.17) is 14.4 Å². The number of carboxylic acid groups (broad SMARTS) is 1. The molecule has 1 saturated carbocycles. The quantitative estimate of drug-likeness (QED) is 0.674. The van der Waals surface area contributed by atoms with E-state index in [0.29, 0.717) is 30.1 Å². The van der Waals surface area contributed by atoms with Gasteiger partial charge in [0.1, 0.15) is 17.1 Å². The third-order valence-corrected chi connectivity index (χ3v) is 5.24. The van der Waals surface area contributed by atoms with Crippen molar-refractivity contribution < 1.29 is 32.4 Å². The van der Waals surface area contributed by atoms with Crippen LogP contribution in [0, 0.1) is 12.8 Å². The molecule has 0 bridgehead atoms. The van der Waals surface area contributed by atoms with E-state index in [-0.39, 0.29) is 18.0 Å². The highest BCUT2D eigenvalue weighted by atomic mass is 19.4. The molecule has 0 saturated heterocycles. The summed E-state index contributed by atoms with van der Waals surface area (Å²) in [5, 5.41) is 13.5. The van der Waals surface area contributed by atoms with Crippen molar-refractivity contribution >= 4 is 11.9 Å². The minimum Gasteiger partial charge on any atom is -0.475 e. The zero-order chi connectivity index (χ0) is 24.2. The van der Waals surface area contributed by atoms with Crippen molar-refractivity contribution in [2.24, 2.45) is 5.92 Å². The highest BCUT2D eigenvalue weighted by molar-refractivity contribution is 5.94. The van der Waals surface area contributed by atoms with Crippen LogP contribution in [-0.4, -0.2) is 55.9 Å². The van der Waals surface area contributed by atoms with Crippen molar-refractivity contribution in [3.05, 3.63) is 45.5 Å². The number of nitrogens with zero attached hydrogens (tertiary/aromatic N) is 4. The molecular formula is C20H24F3N5O5. The maximum absolute atomic E-state index is 12.5. The first-order valence-corrected chi connectivity index (χ1v) is 10.4. The van der Waals surface area contributed by atoms with Gasteiger partial charge in [0.25, 0.3) is 11.5 Å². The largest absolute Gasteiger partial charge is 0.490 e. The summed E-state index contributed by atoms with van der Waals surface area (Å²) in [6.45, 7) is 5.37. The lowest BCUT2D eigenvalue weighted by atomic mass is 10.2. The molecule has 0 unspecified atom stereocenters. The van der Waals surface area contributed by atoms with Gasteiger partial charge in [-0.25, -0.2) is 9.78 Å². The fourth-order valence-corrected chi connectivity index (χ4v) is 3.39. The first-order chi connectivity index (χ1) is 15.5. The van der Waals surface area contributed by atoms with Crippen molar-refractivity contribution in [2.75, 3.05) is 13.1 Å². The molecular weight excluding hydrogens is 447 g/mol. The third kappa shape index (κ3) is 6.88. The van der Waals surface area contributed by atoms with Gasteiger partial charge in [-0.1, -0.05) is 5.16 Å². The molecule has 0 spiro atoms. The van der Waals surface area contributed by atoms with Crippen molar-refractivity contribution in [1.82, 2.24) is 24.9 Å². The average molecular weight is 471 g/mol. The number of carboxylic acids is 1. The third-order valence-electron chi connectivity index (χ3n) is 5.24. The molecule has 180 valence electrons. The predicted octanol–water partition coefficient (Wildman–Crippen LogP) is 1.72. The van der Waals surface area contributed by atoms with Gasteiger partial charge < -0.3 is 14.9 Å². The van der Waals surface area contributed by atoms with Crippen LogP contribution in [0.1, 0.15) is 46.9 Å². The van der Waals surface area contributed by atoms with Crippen molar-refractivity contribution in [3.63, 3.8) is 0 Å². The number of halogens is 3. The van der Waals surface area contributed by atoms with E-state index in [0.717, 1.165) is 31.3 Å². The van der Waals surface area contributed by atoms with Gasteiger partial charge in [-0.15, -0.1) is 0 Å². The van der Waals surface area contributed by atoms with Gasteiger partial charge in [-0.3, -0.25) is 19.1 Å². The second-order valence-electron chi connectivity index (χ2n) is 7.97. The van der Waals surface area contributed by atoms with E-state index < -0.39 is 12.1 Å². The maximum atomic E-state index is 12.5. The van der Waals surface area contributed by atoms with Crippen LogP contribution in [0.4, 0.5) is 13.2 Å². The Morgan fingerprint density at radius 1 is 1.30 bits per heavy atom. The zero-order valence-electron chi connectivity index (χ0n) is 17.9. The molecule has 2 N–H and O–H groups in total. The fraction of sp³-hybridized carbons (Fsp3) is 0.550. The van der Waals surface area contributed by atoms with Gasteiger partial charge >= 0.3 is 12.1 Å². The van der Waals surface area contributed by atoms with Crippen LogP contribution < -0.4 is 10.9 Å². The Morgan fingerprint density at radius 2 is 2.00 bits per heavy atom. The number of nitrogens with one attached hydrogen (secondary N) is 1. The zero-order valence-corrected chi connectivity index (χ0v) is 17.9. The number of hydrogen-bond donors (Lipinski definition) is 2. The van der Waals surface area contributed by atoms with Crippen LogP contribution in [0.2, 0.25) is 0 Å². The lowest BCUT2D eigenvalue weighted by Crippen LogP contribution is -2.30. The Morgan fingerprint density at radius 3 is 2.58 bits per heavy atom. The molecule has 1 amide bonds. The smallest absolute Gasteiger partial charge is 0.475 e. The van der Waals surface area contributed by atoms with Crippen LogP contribution in [0.25, 0.3) is 0 Å². The molecule has 33 heavy (non-hydrogen) atoms. The average Bonchev–Trinajstić information content (AvgIpc) is 3.48. The minimum absolute atomic E-state index is 0.0475. The van der Waals surface area contributed by atoms with E-state index in [9.17, 15) is 22.8 Å². The van der Waals surface area contributed by atoms with E-state index in [1.807, 2.05) is 0 Å². The highest BCUT2D eigenvalue weighted by Crippen LogP contribution is 2.30. The van der Waals surface area contributed by atoms with Crippen LogP contribution in [0.5, 0.6) is 0 Å². The standard InChI is InChI=1S/C18H23N5O3.C2HF3O2/c1-12-15(9-20-26-12)18(25)19-8-14-7-17(24)23-6-2-5-22(10-13-3-4-13)11-16(23)21-14;3-2(4,5)1(6)7/h7,9,13H,2-6,8,10-11H2,1H3,(H,19,25);(H,6,7). The molecule has 1 aliphatic heterocycles. The van der Waals surface area contributed by atoms with Crippen molar-refractivity contribution in [3.8, 4) is 0 Å². The van der Waals surface area contributed by atoms with E-state index in [1.54, 1.807) is 11.5 Å². The molecule has 0 atom stereocenters. The van der Waals surface area contributed by atoms with Crippen LogP contribution in [0.15, 0.2) is 21.6 Å². The number of aromatic nitrogens is 3. The second kappa shape index (κ2) is 10.1. The molecule has 10 nitrogen and oxygen atoms in total. The van der Waals surface area contributed by atoms with Gasteiger partial charge in [0, 0.05) is 25.7 Å². The number of aliphatic carboxylic acids is 1. The Kier molecular flexibility index (Phi) is 7.51. The highest BCUT2D eigenvalue weighted by Gasteiger charge is 2.38. The molecule has 1 fully saturated rings. The fourth-order valence-electron chi connectivity index (χ4n) is 3.39. The SMILES string of the molecule is Cc1oncc1C(=O)NCc1cc(=O)n2c(n1)CN(CC1CC1)CCC2.O=C(O)C(F)(F)F. The topological polar surface area (TPSA) is 131 Å². The molecule has 2 aliphatic rings. The minimum atomic E-state index is -5.08. The van der Waals surface area contributed by atoms with Crippen molar-refractivity contribution in [1.29, 1.82) is 0 Å². The Balaban J connectivity index is 0.000000383. The van der Waals surface area contributed by atoms with Gasteiger partial charge in [-0.05, 0) is 32.1 Å². The number of carbonyl (C=O) groups is 2. The summed E-state index contributed by atoms with van der Waals surface area (Å²) < 4.78 is 38.4. The summed E-state index contributed by atoms with van der Waals surface area (Å²) in [6, 6.07) is 1.51. The molecule has 4 rings (SSSR count). The molecule has 1 aliphatic carbocycles. The van der Waals surface area contributed by atoms with E-state index >= 15 is 0 Å². The van der Waals surface area contributed by atoms with E-state index in [1.165, 1.54) is 25.1 Å². The summed E-state index contributed by atoms with van der Waals surface area (Å²) in [5.74, 6) is -0.972.